The van der Waals surface area contributed by atoms with Crippen molar-refractivity contribution < 1.29 is 4.74 Å². The maximum Gasteiger partial charge on any atom is 0.144 e. The van der Waals surface area contributed by atoms with Gasteiger partial charge in [0.25, 0.3) is 0 Å². The maximum absolute atomic E-state index is 5.46. The maximum atomic E-state index is 5.46. The first-order chi connectivity index (χ1) is 9.19. The Labute approximate surface area is 115 Å². The summed E-state index contributed by atoms with van der Waals surface area (Å²) in [5.74, 6) is 1.83. The fourth-order valence-corrected chi connectivity index (χ4v) is 2.22. The average Bonchev–Trinajstić information content (AvgIpc) is 2.38. The van der Waals surface area contributed by atoms with Gasteiger partial charge in [0.15, 0.2) is 0 Å². The van der Waals surface area contributed by atoms with E-state index in [2.05, 4.69) is 34.0 Å². The first kappa shape index (κ1) is 14.2. The van der Waals surface area contributed by atoms with Crippen LogP contribution in [0.25, 0.3) is 0 Å². The summed E-state index contributed by atoms with van der Waals surface area (Å²) in [6.07, 6.45) is 1.10. The minimum Gasteiger partial charge on any atom is -0.379 e. The topological polar surface area (TPSA) is 50.3 Å². The molecule has 2 rings (SSSR count). The van der Waals surface area contributed by atoms with Crippen molar-refractivity contribution in [3.63, 3.8) is 0 Å². The second-order valence-corrected chi connectivity index (χ2v) is 5.13. The number of morpholine rings is 1. The van der Waals surface area contributed by atoms with Crippen LogP contribution in [-0.4, -0.2) is 47.2 Å². The number of aromatic nitrogens is 2. The number of ether oxygens (including phenoxy) is 1. The zero-order valence-corrected chi connectivity index (χ0v) is 12.1. The molecule has 2 heterocycles. The van der Waals surface area contributed by atoms with Crippen molar-refractivity contribution in [2.24, 2.45) is 0 Å². The minimum absolute atomic E-state index is 0.435. The van der Waals surface area contributed by atoms with Crippen molar-refractivity contribution in [1.29, 1.82) is 0 Å². The zero-order valence-electron chi connectivity index (χ0n) is 12.1. The van der Waals surface area contributed by atoms with Gasteiger partial charge in [0.05, 0.1) is 19.8 Å². The van der Waals surface area contributed by atoms with Gasteiger partial charge in [0.1, 0.15) is 11.6 Å². The number of hydrogen-bond donors (Lipinski definition) is 1. The van der Waals surface area contributed by atoms with Crippen LogP contribution in [0.5, 0.6) is 0 Å². The van der Waals surface area contributed by atoms with E-state index in [0.717, 1.165) is 56.6 Å². The first-order valence-corrected chi connectivity index (χ1v) is 7.09. The Bertz CT molecular complexity index is 410. The normalized spacial score (nSPS) is 20.5. The van der Waals surface area contributed by atoms with Crippen molar-refractivity contribution in [2.45, 2.75) is 39.8 Å². The Morgan fingerprint density at radius 1 is 1.47 bits per heavy atom. The first-order valence-electron chi connectivity index (χ1n) is 7.09. The quantitative estimate of drug-likeness (QED) is 0.879. The van der Waals surface area contributed by atoms with E-state index in [4.69, 9.17) is 4.74 Å². The Balaban J connectivity index is 2.04. The average molecular weight is 264 g/mol. The van der Waals surface area contributed by atoms with Gasteiger partial charge in [-0.15, -0.1) is 0 Å². The molecule has 1 aliphatic rings. The molecule has 0 saturated carbocycles. The molecule has 1 fully saturated rings. The van der Waals surface area contributed by atoms with E-state index >= 15 is 0 Å². The molecule has 19 heavy (non-hydrogen) atoms. The second-order valence-electron chi connectivity index (χ2n) is 5.13. The third kappa shape index (κ3) is 4.14. The Morgan fingerprint density at radius 3 is 3.05 bits per heavy atom. The molecule has 0 aliphatic carbocycles. The SMILES string of the molecule is CCCNc1cc(C)nc(CN2CCOCC2C)n1. The lowest BCUT2D eigenvalue weighted by Gasteiger charge is -2.32. The molecule has 1 N–H and O–H groups in total. The van der Waals surface area contributed by atoms with Crippen molar-refractivity contribution in [3.8, 4) is 0 Å². The summed E-state index contributed by atoms with van der Waals surface area (Å²) in [4.78, 5) is 11.5. The van der Waals surface area contributed by atoms with Crippen LogP contribution in [0.3, 0.4) is 0 Å². The standard InChI is InChI=1S/C14H24N4O/c1-4-5-15-13-8-11(2)16-14(17-13)9-18-6-7-19-10-12(18)3/h8,12H,4-7,9-10H2,1-3H3,(H,15,16,17). The fraction of sp³-hybridized carbons (Fsp3) is 0.714. The molecule has 5 nitrogen and oxygen atoms in total. The molecule has 0 spiro atoms. The van der Waals surface area contributed by atoms with Gasteiger partial charge in [-0.2, -0.15) is 0 Å². The predicted octanol–water partition coefficient (Wildman–Crippen LogP) is 1.83. The molecule has 5 heteroatoms. The molecule has 106 valence electrons. The molecule has 0 radical (unpaired) electrons. The molecular formula is C14H24N4O. The largest absolute Gasteiger partial charge is 0.379 e. The molecule has 0 amide bonds. The van der Waals surface area contributed by atoms with Crippen LogP contribution in [0.4, 0.5) is 5.82 Å². The molecule has 0 aromatic carbocycles. The van der Waals surface area contributed by atoms with Crippen LogP contribution >= 0.6 is 0 Å². The van der Waals surface area contributed by atoms with Gasteiger partial charge in [-0.1, -0.05) is 6.92 Å². The van der Waals surface area contributed by atoms with Crippen LogP contribution in [0.2, 0.25) is 0 Å². The smallest absolute Gasteiger partial charge is 0.144 e. The summed E-state index contributed by atoms with van der Waals surface area (Å²) in [6.45, 7) is 10.7. The van der Waals surface area contributed by atoms with Crippen LogP contribution in [0.1, 0.15) is 31.8 Å². The van der Waals surface area contributed by atoms with E-state index in [-0.39, 0.29) is 0 Å². The lowest BCUT2D eigenvalue weighted by molar-refractivity contribution is -0.00549. The summed E-state index contributed by atoms with van der Waals surface area (Å²) in [6, 6.07) is 2.44. The minimum atomic E-state index is 0.435. The molecular weight excluding hydrogens is 240 g/mol. The number of anilines is 1. The molecule has 1 saturated heterocycles. The summed E-state index contributed by atoms with van der Waals surface area (Å²) in [5, 5.41) is 3.33. The number of rotatable bonds is 5. The van der Waals surface area contributed by atoms with Crippen molar-refractivity contribution >= 4 is 5.82 Å². The predicted molar refractivity (Wildman–Crippen MR) is 76.2 cm³/mol. The highest BCUT2D eigenvalue weighted by Crippen LogP contribution is 2.12. The van der Waals surface area contributed by atoms with Gasteiger partial charge in [-0.25, -0.2) is 9.97 Å². The lowest BCUT2D eigenvalue weighted by atomic mass is 10.2. The van der Waals surface area contributed by atoms with Gasteiger partial charge in [0.2, 0.25) is 0 Å². The second kappa shape index (κ2) is 6.82. The number of hydrogen-bond acceptors (Lipinski definition) is 5. The molecule has 1 unspecified atom stereocenters. The van der Waals surface area contributed by atoms with E-state index in [1.165, 1.54) is 0 Å². The fourth-order valence-electron chi connectivity index (χ4n) is 2.22. The number of nitrogens with one attached hydrogen (secondary N) is 1. The van der Waals surface area contributed by atoms with E-state index in [1.807, 2.05) is 13.0 Å². The third-order valence-corrected chi connectivity index (χ3v) is 3.31. The monoisotopic (exact) mass is 264 g/mol. The van der Waals surface area contributed by atoms with Crippen molar-refractivity contribution in [3.05, 3.63) is 17.6 Å². The van der Waals surface area contributed by atoms with Crippen LogP contribution < -0.4 is 5.32 Å². The lowest BCUT2D eigenvalue weighted by Crippen LogP contribution is -2.43. The summed E-state index contributed by atoms with van der Waals surface area (Å²) < 4.78 is 5.46. The van der Waals surface area contributed by atoms with E-state index in [0.29, 0.717) is 6.04 Å². The van der Waals surface area contributed by atoms with E-state index in [1.54, 1.807) is 0 Å². The van der Waals surface area contributed by atoms with Crippen LogP contribution in [0.15, 0.2) is 6.07 Å². The summed E-state index contributed by atoms with van der Waals surface area (Å²) >= 11 is 0. The van der Waals surface area contributed by atoms with Crippen LogP contribution in [0, 0.1) is 6.92 Å². The molecule has 1 aromatic rings. The van der Waals surface area contributed by atoms with Gasteiger partial charge in [-0.05, 0) is 20.3 Å². The summed E-state index contributed by atoms with van der Waals surface area (Å²) in [5.41, 5.74) is 1.02. The van der Waals surface area contributed by atoms with Crippen LogP contribution in [-0.2, 0) is 11.3 Å². The Morgan fingerprint density at radius 2 is 2.32 bits per heavy atom. The molecule has 1 aliphatic heterocycles. The highest BCUT2D eigenvalue weighted by molar-refractivity contribution is 5.35. The van der Waals surface area contributed by atoms with E-state index in [9.17, 15) is 0 Å². The van der Waals surface area contributed by atoms with E-state index < -0.39 is 0 Å². The van der Waals surface area contributed by atoms with Gasteiger partial charge in [0, 0.05) is 30.9 Å². The number of aryl methyl sites for hydroxylation is 1. The Kier molecular flexibility index (Phi) is 5.10. The number of nitrogens with zero attached hydrogens (tertiary/aromatic N) is 3. The van der Waals surface area contributed by atoms with Crippen molar-refractivity contribution in [1.82, 2.24) is 14.9 Å². The molecule has 0 bridgehead atoms. The van der Waals surface area contributed by atoms with Gasteiger partial charge >= 0.3 is 0 Å². The third-order valence-electron chi connectivity index (χ3n) is 3.31. The Hall–Kier alpha value is -1.20. The molecule has 1 aromatic heterocycles. The highest BCUT2D eigenvalue weighted by Gasteiger charge is 2.19. The summed E-state index contributed by atoms with van der Waals surface area (Å²) in [7, 11) is 0. The zero-order chi connectivity index (χ0) is 13.7. The van der Waals surface area contributed by atoms with Gasteiger partial charge < -0.3 is 10.1 Å². The van der Waals surface area contributed by atoms with Gasteiger partial charge in [-0.3, -0.25) is 4.90 Å². The molecule has 1 atom stereocenters. The van der Waals surface area contributed by atoms with Crippen molar-refractivity contribution in [2.75, 3.05) is 31.6 Å². The highest BCUT2D eigenvalue weighted by atomic mass is 16.5.